The fourth-order valence-electron chi connectivity index (χ4n) is 2.79. The smallest absolute Gasteiger partial charge is 0.234 e. The second-order valence-corrected chi connectivity index (χ2v) is 5.57. The van der Waals surface area contributed by atoms with Crippen LogP contribution in [0, 0.1) is 12.7 Å². The number of imide groups is 1. The van der Waals surface area contributed by atoms with Gasteiger partial charge in [-0.25, -0.2) is 4.39 Å². The number of piperidine rings is 1. The van der Waals surface area contributed by atoms with Crippen molar-refractivity contribution < 1.29 is 14.0 Å². The van der Waals surface area contributed by atoms with Crippen molar-refractivity contribution in [1.82, 2.24) is 0 Å². The van der Waals surface area contributed by atoms with Crippen molar-refractivity contribution in [2.45, 2.75) is 25.7 Å². The zero-order chi connectivity index (χ0) is 15.7. The summed E-state index contributed by atoms with van der Waals surface area (Å²) in [5, 5.41) is 0. The third-order valence-corrected chi connectivity index (χ3v) is 4.03. The molecule has 1 aliphatic heterocycles. The molecule has 2 aromatic carbocycles. The fraction of sp³-hybridized carbons (Fsp3) is 0.222. The van der Waals surface area contributed by atoms with E-state index in [0.29, 0.717) is 11.3 Å². The minimum Gasteiger partial charge on any atom is -0.274 e. The highest BCUT2D eigenvalue weighted by Gasteiger charge is 2.34. The third-order valence-electron chi connectivity index (χ3n) is 4.03. The van der Waals surface area contributed by atoms with E-state index in [4.69, 9.17) is 0 Å². The molecule has 22 heavy (non-hydrogen) atoms. The van der Waals surface area contributed by atoms with E-state index < -0.39 is 5.82 Å². The summed E-state index contributed by atoms with van der Waals surface area (Å²) >= 11 is 0. The number of nitrogens with zero attached hydrogens (tertiary/aromatic N) is 1. The number of rotatable bonds is 2. The summed E-state index contributed by atoms with van der Waals surface area (Å²) in [6.07, 6.45) is 0.510. The molecule has 0 aromatic heterocycles. The van der Waals surface area contributed by atoms with Gasteiger partial charge >= 0.3 is 0 Å². The maximum absolute atomic E-state index is 13.7. The molecular formula is C18H16FNO2. The molecule has 4 heteroatoms. The maximum Gasteiger partial charge on any atom is 0.234 e. The molecule has 0 saturated carbocycles. The van der Waals surface area contributed by atoms with Crippen molar-refractivity contribution in [3.63, 3.8) is 0 Å². The molecule has 0 spiro atoms. The molecule has 2 aromatic rings. The molecule has 3 nitrogen and oxygen atoms in total. The molecule has 1 fully saturated rings. The Morgan fingerprint density at radius 2 is 1.64 bits per heavy atom. The van der Waals surface area contributed by atoms with Crippen molar-refractivity contribution in [2.75, 3.05) is 4.90 Å². The molecule has 1 aliphatic rings. The van der Waals surface area contributed by atoms with Crippen LogP contribution in [0.3, 0.4) is 0 Å². The van der Waals surface area contributed by atoms with Crippen LogP contribution in [0.5, 0.6) is 0 Å². The predicted octanol–water partition coefficient (Wildman–Crippen LogP) is 3.57. The molecule has 1 saturated heterocycles. The molecule has 0 radical (unpaired) electrons. The largest absolute Gasteiger partial charge is 0.274 e. The summed E-state index contributed by atoms with van der Waals surface area (Å²) in [5.74, 6) is -1.09. The average Bonchev–Trinajstić information content (AvgIpc) is 2.51. The van der Waals surface area contributed by atoms with Gasteiger partial charge in [-0.05, 0) is 30.2 Å². The zero-order valence-corrected chi connectivity index (χ0v) is 12.3. The van der Waals surface area contributed by atoms with Crippen LogP contribution in [-0.4, -0.2) is 11.8 Å². The average molecular weight is 297 g/mol. The van der Waals surface area contributed by atoms with E-state index in [-0.39, 0.29) is 30.6 Å². The Balaban J connectivity index is 1.86. The zero-order valence-electron chi connectivity index (χ0n) is 12.3. The number of hydrogen-bond acceptors (Lipinski definition) is 2. The fourth-order valence-corrected chi connectivity index (χ4v) is 2.79. The van der Waals surface area contributed by atoms with E-state index in [0.717, 1.165) is 10.5 Å². The summed E-state index contributed by atoms with van der Waals surface area (Å²) in [6.45, 7) is 1.64. The van der Waals surface area contributed by atoms with Gasteiger partial charge in [0.2, 0.25) is 11.8 Å². The third kappa shape index (κ3) is 2.64. The van der Waals surface area contributed by atoms with Crippen molar-refractivity contribution in [3.8, 4) is 0 Å². The molecule has 0 atom stereocenters. The molecule has 0 N–H and O–H groups in total. The number of anilines is 1. The van der Waals surface area contributed by atoms with Crippen LogP contribution in [0.1, 0.15) is 29.9 Å². The number of halogens is 1. The monoisotopic (exact) mass is 297 g/mol. The molecule has 1 heterocycles. The molecule has 0 aliphatic carbocycles. The first-order chi connectivity index (χ1) is 10.6. The Morgan fingerprint density at radius 1 is 1.00 bits per heavy atom. The van der Waals surface area contributed by atoms with Gasteiger partial charge in [-0.15, -0.1) is 0 Å². The Morgan fingerprint density at radius 3 is 2.23 bits per heavy atom. The lowest BCUT2D eigenvalue weighted by atomic mass is 9.88. The van der Waals surface area contributed by atoms with Crippen molar-refractivity contribution >= 4 is 17.5 Å². The van der Waals surface area contributed by atoms with Gasteiger partial charge in [0.1, 0.15) is 5.82 Å². The molecule has 3 rings (SSSR count). The van der Waals surface area contributed by atoms with E-state index in [2.05, 4.69) is 0 Å². The summed E-state index contributed by atoms with van der Waals surface area (Å²) < 4.78 is 13.7. The summed E-state index contributed by atoms with van der Waals surface area (Å²) in [5.41, 5.74) is 1.78. The second-order valence-electron chi connectivity index (χ2n) is 5.57. The number of benzene rings is 2. The highest BCUT2D eigenvalue weighted by atomic mass is 19.1. The van der Waals surface area contributed by atoms with Gasteiger partial charge in [-0.2, -0.15) is 0 Å². The van der Waals surface area contributed by atoms with Crippen molar-refractivity contribution in [2.24, 2.45) is 0 Å². The normalized spacial score (nSPS) is 16.2. The Bertz CT molecular complexity index is 709. The number of carbonyl (C=O) groups excluding carboxylic acids is 2. The van der Waals surface area contributed by atoms with Crippen LogP contribution in [0.25, 0.3) is 0 Å². The van der Waals surface area contributed by atoms with E-state index in [1.54, 1.807) is 19.1 Å². The first-order valence-corrected chi connectivity index (χ1v) is 7.23. The van der Waals surface area contributed by atoms with E-state index in [1.165, 1.54) is 6.07 Å². The Kier molecular flexibility index (Phi) is 3.75. The lowest BCUT2D eigenvalue weighted by Crippen LogP contribution is -2.42. The van der Waals surface area contributed by atoms with Crippen LogP contribution in [-0.2, 0) is 9.59 Å². The van der Waals surface area contributed by atoms with Gasteiger partial charge in [-0.3, -0.25) is 14.5 Å². The Hall–Kier alpha value is -2.49. The van der Waals surface area contributed by atoms with Crippen LogP contribution in [0.4, 0.5) is 10.1 Å². The van der Waals surface area contributed by atoms with Gasteiger partial charge in [-0.1, -0.05) is 36.4 Å². The van der Waals surface area contributed by atoms with E-state index in [9.17, 15) is 14.0 Å². The minimum atomic E-state index is -0.414. The minimum absolute atomic E-state index is 0.104. The molecule has 0 unspecified atom stereocenters. The number of hydrogen-bond donors (Lipinski definition) is 0. The number of amides is 2. The van der Waals surface area contributed by atoms with E-state index >= 15 is 0 Å². The SMILES string of the molecule is Cc1ccc(N2C(=O)CC(c3ccccc3)CC2=O)cc1F. The quantitative estimate of drug-likeness (QED) is 0.795. The second kappa shape index (κ2) is 5.72. The highest BCUT2D eigenvalue weighted by molar-refractivity contribution is 6.17. The lowest BCUT2D eigenvalue weighted by molar-refractivity contribution is -0.129. The number of aryl methyl sites for hydroxylation is 1. The highest BCUT2D eigenvalue weighted by Crippen LogP contribution is 2.32. The van der Waals surface area contributed by atoms with Gasteiger partial charge in [0.25, 0.3) is 0 Å². The van der Waals surface area contributed by atoms with Gasteiger partial charge in [0, 0.05) is 18.8 Å². The van der Waals surface area contributed by atoms with Gasteiger partial charge < -0.3 is 0 Å². The first kappa shape index (κ1) is 14.4. The molecule has 0 bridgehead atoms. The summed E-state index contributed by atoms with van der Waals surface area (Å²) in [4.78, 5) is 25.8. The standard InChI is InChI=1S/C18H16FNO2/c1-12-7-8-15(11-16(12)19)20-17(21)9-14(10-18(20)22)13-5-3-2-4-6-13/h2-8,11,14H,9-10H2,1H3. The molecule has 2 amide bonds. The number of carbonyl (C=O) groups is 2. The van der Waals surface area contributed by atoms with Crippen LogP contribution in [0.15, 0.2) is 48.5 Å². The molecular weight excluding hydrogens is 281 g/mol. The van der Waals surface area contributed by atoms with E-state index in [1.807, 2.05) is 30.3 Å². The Labute approximate surface area is 128 Å². The van der Waals surface area contributed by atoms with Crippen LogP contribution >= 0.6 is 0 Å². The predicted molar refractivity (Wildman–Crippen MR) is 82.0 cm³/mol. The summed E-state index contributed by atoms with van der Waals surface area (Å²) in [7, 11) is 0. The van der Waals surface area contributed by atoms with Crippen LogP contribution < -0.4 is 4.90 Å². The maximum atomic E-state index is 13.7. The topological polar surface area (TPSA) is 37.4 Å². The van der Waals surface area contributed by atoms with Gasteiger partial charge in [0.05, 0.1) is 5.69 Å². The van der Waals surface area contributed by atoms with Crippen LogP contribution in [0.2, 0.25) is 0 Å². The molecule has 112 valence electrons. The first-order valence-electron chi connectivity index (χ1n) is 7.23. The summed E-state index contributed by atoms with van der Waals surface area (Å²) in [6, 6.07) is 14.0. The lowest BCUT2D eigenvalue weighted by Gasteiger charge is -2.30. The van der Waals surface area contributed by atoms with Gasteiger partial charge in [0.15, 0.2) is 0 Å². The van der Waals surface area contributed by atoms with Crippen molar-refractivity contribution in [3.05, 3.63) is 65.5 Å². The van der Waals surface area contributed by atoms with Crippen molar-refractivity contribution in [1.29, 1.82) is 0 Å².